The van der Waals surface area contributed by atoms with E-state index in [9.17, 15) is 9.59 Å². The summed E-state index contributed by atoms with van der Waals surface area (Å²) in [5.41, 5.74) is 4.58. The van der Waals surface area contributed by atoms with E-state index in [-0.39, 0.29) is 0 Å². The number of carbonyl (C=O) groups is 2. The fourth-order valence-electron chi connectivity index (χ4n) is 4.50. The fourth-order valence-corrected chi connectivity index (χ4v) is 4.50. The molecule has 0 bridgehead atoms. The molecular weight excluding hydrogens is 408 g/mol. The molecule has 0 saturated heterocycles. The highest BCUT2D eigenvalue weighted by atomic mass is 16.5. The van der Waals surface area contributed by atoms with Crippen LogP contribution in [-0.4, -0.2) is 12.3 Å². The maximum absolute atomic E-state index is 13.5. The van der Waals surface area contributed by atoms with Crippen molar-refractivity contribution in [2.75, 3.05) is 0 Å². The standard InChI is InChI=1S/C30H22O3/c1-19-9-7-15-24-23-13-5-6-14-25(23)27(17-26(19)24)30(32)33-28-16-8-10-20(2)29(28)22-12-4-3-11-21(22)18-31/h3-18H,1-2H3. The number of aldehydes is 1. The Labute approximate surface area is 192 Å². The van der Waals surface area contributed by atoms with Crippen molar-refractivity contribution >= 4 is 33.8 Å². The number of fused-ring (bicyclic) bond motifs is 3. The summed E-state index contributed by atoms with van der Waals surface area (Å²) in [6.07, 6.45) is 0.826. The van der Waals surface area contributed by atoms with E-state index >= 15 is 0 Å². The summed E-state index contributed by atoms with van der Waals surface area (Å²) in [7, 11) is 0. The molecule has 0 amide bonds. The number of carbonyl (C=O) groups excluding carboxylic acids is 2. The molecule has 0 atom stereocenters. The maximum Gasteiger partial charge on any atom is 0.344 e. The number of rotatable bonds is 4. The van der Waals surface area contributed by atoms with Gasteiger partial charge in [0, 0.05) is 11.1 Å². The SMILES string of the molecule is Cc1cccc(OC(=O)c2cc3c(C)cccc3c3ccccc23)c1-c1ccccc1C=O. The van der Waals surface area contributed by atoms with Gasteiger partial charge >= 0.3 is 5.97 Å². The van der Waals surface area contributed by atoms with Crippen LogP contribution in [0, 0.1) is 13.8 Å². The zero-order valence-corrected chi connectivity index (χ0v) is 18.5. The molecule has 0 spiro atoms. The average molecular weight is 431 g/mol. The van der Waals surface area contributed by atoms with Crippen LogP contribution in [0.5, 0.6) is 5.75 Å². The highest BCUT2D eigenvalue weighted by Gasteiger charge is 2.19. The second kappa shape index (κ2) is 8.36. The largest absolute Gasteiger partial charge is 0.422 e. The first-order valence-electron chi connectivity index (χ1n) is 10.9. The minimum Gasteiger partial charge on any atom is -0.422 e. The number of hydrogen-bond donors (Lipinski definition) is 0. The molecule has 0 fully saturated rings. The van der Waals surface area contributed by atoms with Crippen LogP contribution in [0.1, 0.15) is 31.8 Å². The predicted octanol–water partition coefficient (Wildman–Crippen LogP) is 7.31. The van der Waals surface area contributed by atoms with Crippen LogP contribution in [-0.2, 0) is 0 Å². The fraction of sp³-hybridized carbons (Fsp3) is 0.0667. The molecule has 0 aromatic heterocycles. The van der Waals surface area contributed by atoms with E-state index in [1.165, 1.54) is 0 Å². The second-order valence-electron chi connectivity index (χ2n) is 8.18. The van der Waals surface area contributed by atoms with Gasteiger partial charge in [0.1, 0.15) is 5.75 Å². The first kappa shape index (κ1) is 20.7. The van der Waals surface area contributed by atoms with Crippen molar-refractivity contribution in [3.8, 4) is 16.9 Å². The molecular formula is C30H22O3. The van der Waals surface area contributed by atoms with Crippen molar-refractivity contribution in [1.29, 1.82) is 0 Å². The lowest BCUT2D eigenvalue weighted by Crippen LogP contribution is -2.11. The van der Waals surface area contributed by atoms with E-state index in [1.54, 1.807) is 12.1 Å². The quantitative estimate of drug-likeness (QED) is 0.130. The van der Waals surface area contributed by atoms with Crippen molar-refractivity contribution in [1.82, 2.24) is 0 Å². The van der Waals surface area contributed by atoms with Gasteiger partial charge < -0.3 is 4.74 Å². The molecule has 0 unspecified atom stereocenters. The minimum atomic E-state index is -0.424. The first-order valence-corrected chi connectivity index (χ1v) is 10.9. The third-order valence-corrected chi connectivity index (χ3v) is 6.13. The Balaban J connectivity index is 1.67. The molecule has 0 radical (unpaired) electrons. The van der Waals surface area contributed by atoms with Gasteiger partial charge in [0.15, 0.2) is 6.29 Å². The van der Waals surface area contributed by atoms with Gasteiger partial charge in [0.2, 0.25) is 0 Å². The van der Waals surface area contributed by atoms with Crippen LogP contribution in [0.15, 0.2) is 91.0 Å². The van der Waals surface area contributed by atoms with E-state index in [1.807, 2.05) is 86.6 Å². The Kier molecular flexibility index (Phi) is 5.23. The van der Waals surface area contributed by atoms with E-state index in [0.29, 0.717) is 16.9 Å². The molecule has 0 aliphatic rings. The highest BCUT2D eigenvalue weighted by Crippen LogP contribution is 2.36. The van der Waals surface area contributed by atoms with Crippen LogP contribution in [0.2, 0.25) is 0 Å². The van der Waals surface area contributed by atoms with Gasteiger partial charge in [-0.1, -0.05) is 78.9 Å². The first-order chi connectivity index (χ1) is 16.1. The topological polar surface area (TPSA) is 43.4 Å². The van der Waals surface area contributed by atoms with Crippen LogP contribution < -0.4 is 4.74 Å². The molecule has 33 heavy (non-hydrogen) atoms. The smallest absolute Gasteiger partial charge is 0.344 e. The molecule has 3 nitrogen and oxygen atoms in total. The number of ether oxygens (including phenoxy) is 1. The van der Waals surface area contributed by atoms with Gasteiger partial charge in [0.25, 0.3) is 0 Å². The van der Waals surface area contributed by atoms with E-state index in [0.717, 1.165) is 50.1 Å². The Morgan fingerprint density at radius 1 is 0.697 bits per heavy atom. The summed E-state index contributed by atoms with van der Waals surface area (Å²) in [6.45, 7) is 3.99. The molecule has 160 valence electrons. The number of esters is 1. The number of aryl methyl sites for hydroxylation is 2. The van der Waals surface area contributed by atoms with Gasteiger partial charge in [-0.15, -0.1) is 0 Å². The second-order valence-corrected chi connectivity index (χ2v) is 8.18. The van der Waals surface area contributed by atoms with Crippen LogP contribution in [0.3, 0.4) is 0 Å². The van der Waals surface area contributed by atoms with Crippen LogP contribution >= 0.6 is 0 Å². The van der Waals surface area contributed by atoms with E-state index < -0.39 is 5.97 Å². The summed E-state index contributed by atoms with van der Waals surface area (Å²) >= 11 is 0. The van der Waals surface area contributed by atoms with Crippen molar-refractivity contribution in [2.24, 2.45) is 0 Å². The van der Waals surface area contributed by atoms with Crippen LogP contribution in [0.4, 0.5) is 0 Å². The Morgan fingerprint density at radius 3 is 2.15 bits per heavy atom. The Bertz CT molecular complexity index is 1550. The summed E-state index contributed by atoms with van der Waals surface area (Å²) < 4.78 is 6.01. The average Bonchev–Trinajstić information content (AvgIpc) is 2.84. The molecule has 0 saturated carbocycles. The maximum atomic E-state index is 13.5. The van der Waals surface area contributed by atoms with E-state index in [2.05, 4.69) is 6.07 Å². The van der Waals surface area contributed by atoms with Gasteiger partial charge in [-0.3, -0.25) is 4.79 Å². The zero-order chi connectivity index (χ0) is 22.9. The third-order valence-electron chi connectivity index (χ3n) is 6.13. The number of hydrogen-bond acceptors (Lipinski definition) is 3. The highest BCUT2D eigenvalue weighted by molar-refractivity contribution is 6.17. The molecule has 0 N–H and O–H groups in total. The van der Waals surface area contributed by atoms with Gasteiger partial charge in [-0.2, -0.15) is 0 Å². The lowest BCUT2D eigenvalue weighted by atomic mass is 9.94. The summed E-state index contributed by atoms with van der Waals surface area (Å²) in [5, 5.41) is 4.00. The van der Waals surface area contributed by atoms with E-state index in [4.69, 9.17) is 4.74 Å². The normalized spacial score (nSPS) is 11.0. The number of benzene rings is 5. The molecule has 0 aliphatic carbocycles. The molecule has 3 heteroatoms. The zero-order valence-electron chi connectivity index (χ0n) is 18.5. The minimum absolute atomic E-state index is 0.424. The summed E-state index contributed by atoms with van der Waals surface area (Å²) in [5.74, 6) is 0.00930. The van der Waals surface area contributed by atoms with Crippen molar-refractivity contribution < 1.29 is 14.3 Å². The van der Waals surface area contributed by atoms with Crippen molar-refractivity contribution in [3.63, 3.8) is 0 Å². The van der Waals surface area contributed by atoms with Gasteiger partial charge in [0.05, 0.1) is 5.56 Å². The predicted molar refractivity (Wildman–Crippen MR) is 133 cm³/mol. The van der Waals surface area contributed by atoms with Crippen molar-refractivity contribution in [2.45, 2.75) is 13.8 Å². The third kappa shape index (κ3) is 3.58. The lowest BCUT2D eigenvalue weighted by Gasteiger charge is -2.16. The monoisotopic (exact) mass is 430 g/mol. The van der Waals surface area contributed by atoms with Gasteiger partial charge in [-0.05, 0) is 64.2 Å². The molecule has 5 aromatic carbocycles. The molecule has 0 heterocycles. The van der Waals surface area contributed by atoms with Crippen molar-refractivity contribution in [3.05, 3.63) is 113 Å². The Morgan fingerprint density at radius 2 is 1.33 bits per heavy atom. The lowest BCUT2D eigenvalue weighted by molar-refractivity contribution is 0.0737. The van der Waals surface area contributed by atoms with Crippen LogP contribution in [0.25, 0.3) is 32.7 Å². The molecule has 0 aliphatic heterocycles. The summed E-state index contributed by atoms with van der Waals surface area (Å²) in [4.78, 5) is 25.2. The summed E-state index contributed by atoms with van der Waals surface area (Å²) in [6, 6.07) is 28.9. The van der Waals surface area contributed by atoms with Gasteiger partial charge in [-0.25, -0.2) is 4.79 Å². The molecule has 5 aromatic rings. The Hall–Kier alpha value is -4.24. The molecule has 5 rings (SSSR count).